The summed E-state index contributed by atoms with van der Waals surface area (Å²) in [5, 5.41) is 41.7. The van der Waals surface area contributed by atoms with E-state index < -0.39 is 17.9 Å². The van der Waals surface area contributed by atoms with E-state index in [1.54, 1.807) is 45.3 Å². The van der Waals surface area contributed by atoms with E-state index in [1.807, 2.05) is 23.1 Å². The second kappa shape index (κ2) is 12.7. The van der Waals surface area contributed by atoms with Crippen LogP contribution in [-0.2, 0) is 20.9 Å². The van der Waals surface area contributed by atoms with Gasteiger partial charge < -0.3 is 30.3 Å². The van der Waals surface area contributed by atoms with Crippen LogP contribution in [-0.4, -0.2) is 112 Å². The number of hydrogen-bond donors (Lipinski definition) is 3. The fraction of sp³-hybridized carbons (Fsp3) is 0.417. The first-order chi connectivity index (χ1) is 17.2. The van der Waals surface area contributed by atoms with Gasteiger partial charge in [0.25, 0.3) is 0 Å². The monoisotopic (exact) mass is 501 g/mol. The molecule has 36 heavy (non-hydrogen) atoms. The molecule has 0 bridgehead atoms. The maximum Gasteiger partial charge on any atom is 0.323 e. The summed E-state index contributed by atoms with van der Waals surface area (Å²) in [4.78, 5) is 40.9. The largest absolute Gasteiger partial charge is 0.618 e. The molecule has 1 aromatic heterocycles. The van der Waals surface area contributed by atoms with Gasteiger partial charge in [0.15, 0.2) is 0 Å². The van der Waals surface area contributed by atoms with Crippen LogP contribution in [0.2, 0.25) is 0 Å². The van der Waals surface area contributed by atoms with Gasteiger partial charge >= 0.3 is 17.9 Å². The number of carboxylic acid groups (broad SMARTS) is 3. The predicted molar refractivity (Wildman–Crippen MR) is 130 cm³/mol. The zero-order chi connectivity index (χ0) is 26.1. The third-order valence-electron chi connectivity index (χ3n) is 5.92. The normalized spacial score (nSPS) is 17.3. The summed E-state index contributed by atoms with van der Waals surface area (Å²) in [6, 6.07) is 10.8. The highest BCUT2D eigenvalue weighted by Gasteiger charge is 2.19. The van der Waals surface area contributed by atoms with Gasteiger partial charge in [-0.25, -0.2) is 0 Å². The van der Waals surface area contributed by atoms with Gasteiger partial charge in [0.2, 0.25) is 11.2 Å². The average molecular weight is 502 g/mol. The van der Waals surface area contributed by atoms with E-state index in [0.29, 0.717) is 37.4 Å². The molecule has 0 fully saturated rings. The zero-order valence-corrected chi connectivity index (χ0v) is 19.9. The van der Waals surface area contributed by atoms with Crippen molar-refractivity contribution in [3.05, 3.63) is 59.7 Å². The fourth-order valence-corrected chi connectivity index (χ4v) is 4.07. The summed E-state index contributed by atoms with van der Waals surface area (Å²) in [6.07, 6.45) is 3.31. The molecule has 1 aliphatic rings. The summed E-state index contributed by atoms with van der Waals surface area (Å²) in [7, 11) is 0. The Morgan fingerprint density at radius 1 is 0.722 bits per heavy atom. The Hall–Kier alpha value is -3.90. The number of hydrogen-bond acceptors (Lipinski definition) is 8. The van der Waals surface area contributed by atoms with Gasteiger partial charge in [-0.15, -0.1) is 0 Å². The molecule has 2 aromatic rings. The number of benzene rings is 1. The molecule has 0 unspecified atom stereocenters. The van der Waals surface area contributed by atoms with Crippen molar-refractivity contribution in [2.24, 2.45) is 0 Å². The molecule has 2 heterocycles. The number of rotatable bonds is 8. The van der Waals surface area contributed by atoms with Gasteiger partial charge in [-0.05, 0) is 12.1 Å². The molecule has 0 saturated heterocycles. The lowest BCUT2D eigenvalue weighted by atomic mass is 10.2. The van der Waals surface area contributed by atoms with Crippen LogP contribution in [0.1, 0.15) is 5.69 Å². The molecule has 0 atom stereocenters. The molecule has 0 amide bonds. The minimum atomic E-state index is -1.03. The number of fused-ring (bicyclic) bond motifs is 1. The summed E-state index contributed by atoms with van der Waals surface area (Å²) < 4.78 is 0.868. The molecule has 12 heteroatoms. The van der Waals surface area contributed by atoms with Gasteiger partial charge in [-0.3, -0.25) is 24.2 Å². The SMILES string of the molecule is O=C(O)CN1/C=C\N(Cc2ccc3ccccc3[n+]2[O-])CCN(CC(=O)O)CCN(CC(=O)O)CC1. The van der Waals surface area contributed by atoms with Crippen molar-refractivity contribution in [3.8, 4) is 0 Å². The number of nitrogens with zero attached hydrogens (tertiary/aromatic N) is 5. The Labute approximate surface area is 208 Å². The number of para-hydroxylation sites is 1. The van der Waals surface area contributed by atoms with Crippen LogP contribution in [0.15, 0.2) is 48.8 Å². The third kappa shape index (κ3) is 8.10. The van der Waals surface area contributed by atoms with Gasteiger partial charge in [0.1, 0.15) is 13.1 Å². The second-order valence-corrected chi connectivity index (χ2v) is 8.65. The molecule has 3 N–H and O–H groups in total. The minimum absolute atomic E-state index is 0.207. The first-order valence-corrected chi connectivity index (χ1v) is 11.6. The topological polar surface area (TPSA) is 152 Å². The highest BCUT2D eigenvalue weighted by molar-refractivity contribution is 5.75. The smallest absolute Gasteiger partial charge is 0.323 e. The van der Waals surface area contributed by atoms with Gasteiger partial charge in [-0.2, -0.15) is 4.73 Å². The number of aromatic nitrogens is 1. The van der Waals surface area contributed by atoms with Crippen molar-refractivity contribution >= 4 is 28.8 Å². The summed E-state index contributed by atoms with van der Waals surface area (Å²) in [5.74, 6) is -3.03. The van der Waals surface area contributed by atoms with E-state index in [2.05, 4.69) is 0 Å². The highest BCUT2D eigenvalue weighted by Crippen LogP contribution is 2.12. The lowest BCUT2D eigenvalue weighted by Gasteiger charge is -2.31. The van der Waals surface area contributed by atoms with E-state index in [1.165, 1.54) is 0 Å². The van der Waals surface area contributed by atoms with Crippen LogP contribution in [0.5, 0.6) is 0 Å². The molecular weight excluding hydrogens is 470 g/mol. The molecule has 194 valence electrons. The van der Waals surface area contributed by atoms with Crippen LogP contribution >= 0.6 is 0 Å². The third-order valence-corrected chi connectivity index (χ3v) is 5.92. The van der Waals surface area contributed by atoms with E-state index in [9.17, 15) is 34.9 Å². The summed E-state index contributed by atoms with van der Waals surface area (Å²) >= 11 is 0. The Morgan fingerprint density at radius 3 is 1.86 bits per heavy atom. The molecule has 1 aromatic carbocycles. The molecule has 0 radical (unpaired) electrons. The van der Waals surface area contributed by atoms with Crippen molar-refractivity contribution in [3.63, 3.8) is 0 Å². The lowest BCUT2D eigenvalue weighted by Crippen LogP contribution is -2.45. The maximum atomic E-state index is 13.0. The number of aliphatic carboxylic acids is 3. The Kier molecular flexibility index (Phi) is 9.42. The van der Waals surface area contributed by atoms with Crippen LogP contribution in [0.25, 0.3) is 10.9 Å². The van der Waals surface area contributed by atoms with Crippen LogP contribution < -0.4 is 4.73 Å². The molecular formula is C24H31N5O7. The molecule has 1 aliphatic heterocycles. The van der Waals surface area contributed by atoms with E-state index in [-0.39, 0.29) is 39.3 Å². The number of pyridine rings is 1. The van der Waals surface area contributed by atoms with Crippen LogP contribution in [0.3, 0.4) is 0 Å². The number of carbonyl (C=O) groups is 3. The quantitative estimate of drug-likeness (QED) is 0.329. The van der Waals surface area contributed by atoms with Crippen molar-refractivity contribution in [2.45, 2.75) is 6.54 Å². The first kappa shape index (κ1) is 26.7. The number of carboxylic acids is 3. The molecule has 3 rings (SSSR count). The lowest BCUT2D eigenvalue weighted by molar-refractivity contribution is -0.587. The molecule has 0 aliphatic carbocycles. The second-order valence-electron chi connectivity index (χ2n) is 8.65. The summed E-state index contributed by atoms with van der Waals surface area (Å²) in [6.45, 7) is 1.44. The standard InChI is InChI=1S/C24H31N5O7/c30-22(31)16-26-9-7-25(15-20-6-5-19-3-1-2-4-21(19)29(20)36)8-10-27(17-23(32)33)12-14-28(13-11-26)18-24(34)35/h1-7,9H,8,10-18H2,(H,30,31)(H,32,33)(H,34,35)/b9-7-. The Balaban J connectivity index is 1.87. The minimum Gasteiger partial charge on any atom is -0.618 e. The molecule has 0 spiro atoms. The van der Waals surface area contributed by atoms with E-state index >= 15 is 0 Å². The average Bonchev–Trinajstić information content (AvgIpc) is 2.81. The highest BCUT2D eigenvalue weighted by atomic mass is 16.5. The first-order valence-electron chi connectivity index (χ1n) is 11.6. The van der Waals surface area contributed by atoms with Crippen molar-refractivity contribution in [2.75, 3.05) is 58.9 Å². The van der Waals surface area contributed by atoms with E-state index in [4.69, 9.17) is 0 Å². The van der Waals surface area contributed by atoms with Gasteiger partial charge in [-0.1, -0.05) is 12.1 Å². The Morgan fingerprint density at radius 2 is 1.25 bits per heavy atom. The summed E-state index contributed by atoms with van der Waals surface area (Å²) in [5.41, 5.74) is 1.03. The fourth-order valence-electron chi connectivity index (χ4n) is 4.07. The zero-order valence-electron chi connectivity index (χ0n) is 19.9. The van der Waals surface area contributed by atoms with Crippen molar-refractivity contribution in [1.82, 2.24) is 19.6 Å². The maximum absolute atomic E-state index is 13.0. The molecule has 12 nitrogen and oxygen atoms in total. The van der Waals surface area contributed by atoms with E-state index in [0.717, 1.165) is 10.1 Å². The van der Waals surface area contributed by atoms with Crippen LogP contribution in [0, 0.1) is 5.21 Å². The Bertz CT molecular complexity index is 1110. The molecule has 0 saturated carbocycles. The predicted octanol–water partition coefficient (Wildman–Crippen LogP) is -0.0802. The van der Waals surface area contributed by atoms with Crippen molar-refractivity contribution < 1.29 is 34.4 Å². The van der Waals surface area contributed by atoms with Gasteiger partial charge in [0, 0.05) is 69.2 Å². The van der Waals surface area contributed by atoms with Crippen LogP contribution in [0.4, 0.5) is 0 Å². The van der Waals surface area contributed by atoms with Crippen molar-refractivity contribution in [1.29, 1.82) is 0 Å². The van der Waals surface area contributed by atoms with Gasteiger partial charge in [0.05, 0.1) is 13.1 Å².